The van der Waals surface area contributed by atoms with E-state index in [9.17, 15) is 4.79 Å². The number of methoxy groups -OCH3 is 2. The monoisotopic (exact) mass is 270 g/mol. The number of aromatic nitrogens is 2. The van der Waals surface area contributed by atoms with Gasteiger partial charge in [-0.05, 0) is 0 Å². The first-order valence-corrected chi connectivity index (χ1v) is 5.66. The summed E-state index contributed by atoms with van der Waals surface area (Å²) in [5.74, 6) is -0.473. The smallest absolute Gasteiger partial charge is 0.269 e. The van der Waals surface area contributed by atoms with Crippen LogP contribution >= 0.6 is 0 Å². The zero-order chi connectivity index (χ0) is 14.1. The summed E-state index contributed by atoms with van der Waals surface area (Å²) in [7, 11) is 3.20. The van der Waals surface area contributed by atoms with Crippen molar-refractivity contribution in [3.8, 4) is 0 Å². The fourth-order valence-corrected chi connectivity index (χ4v) is 1.24. The average Bonchev–Trinajstić information content (AvgIpc) is 2.86. The minimum Gasteiger partial charge on any atom is -0.383 e. The van der Waals surface area contributed by atoms with E-state index in [1.165, 1.54) is 6.33 Å². The van der Waals surface area contributed by atoms with Crippen molar-refractivity contribution in [1.82, 2.24) is 15.0 Å². The summed E-state index contributed by atoms with van der Waals surface area (Å²) in [6.07, 6.45) is 1.34. The highest BCUT2D eigenvalue weighted by Gasteiger charge is 2.10. The normalized spacial score (nSPS) is 11.1. The van der Waals surface area contributed by atoms with Crippen molar-refractivity contribution < 1.29 is 14.3 Å². The van der Waals surface area contributed by atoms with E-state index in [1.54, 1.807) is 19.2 Å². The van der Waals surface area contributed by atoms with Gasteiger partial charge in [0.25, 0.3) is 5.91 Å². The van der Waals surface area contributed by atoms with E-state index in [1.807, 2.05) is 0 Å². The highest BCUT2D eigenvalue weighted by atomic mass is 16.5. The Bertz CT molecular complexity index is 411. The molecule has 0 saturated carbocycles. The van der Waals surface area contributed by atoms with Gasteiger partial charge in [-0.15, -0.1) is 5.11 Å². The number of H-pyrrole nitrogens is 1. The second-order valence-corrected chi connectivity index (χ2v) is 3.59. The Morgan fingerprint density at radius 1 is 1.42 bits per heavy atom. The fourth-order valence-electron chi connectivity index (χ4n) is 1.24. The van der Waals surface area contributed by atoms with Gasteiger partial charge in [-0.1, -0.05) is 5.22 Å². The molecule has 3 N–H and O–H groups in total. The van der Waals surface area contributed by atoms with Crippen molar-refractivity contribution in [2.75, 3.05) is 40.5 Å². The van der Waals surface area contributed by atoms with Gasteiger partial charge >= 0.3 is 0 Å². The van der Waals surface area contributed by atoms with E-state index < -0.39 is 5.91 Å². The molecule has 1 heterocycles. The van der Waals surface area contributed by atoms with E-state index in [0.29, 0.717) is 26.3 Å². The third kappa shape index (κ3) is 5.02. The highest BCUT2D eigenvalue weighted by Crippen LogP contribution is 2.13. The van der Waals surface area contributed by atoms with Crippen molar-refractivity contribution in [1.29, 1.82) is 0 Å². The minimum absolute atomic E-state index is 0.127. The summed E-state index contributed by atoms with van der Waals surface area (Å²) in [5.41, 5.74) is 5.29. The minimum atomic E-state index is -0.633. The molecule has 1 aromatic rings. The van der Waals surface area contributed by atoms with Crippen LogP contribution in [0.1, 0.15) is 10.5 Å². The summed E-state index contributed by atoms with van der Waals surface area (Å²) in [6.45, 7) is 2.12. The number of imidazole rings is 1. The molecule has 0 aliphatic heterocycles. The number of primary amides is 1. The van der Waals surface area contributed by atoms with Gasteiger partial charge in [-0.25, -0.2) is 4.98 Å². The molecule has 1 aromatic heterocycles. The zero-order valence-corrected chi connectivity index (χ0v) is 11.0. The third-order valence-electron chi connectivity index (χ3n) is 2.24. The lowest BCUT2D eigenvalue weighted by molar-refractivity contribution is 0.0995. The van der Waals surface area contributed by atoms with Crippen molar-refractivity contribution in [2.45, 2.75) is 0 Å². The number of aromatic amines is 1. The first-order valence-electron chi connectivity index (χ1n) is 5.66. The first kappa shape index (κ1) is 15.1. The largest absolute Gasteiger partial charge is 0.383 e. The quantitative estimate of drug-likeness (QED) is 0.487. The molecule has 0 aliphatic carbocycles. The van der Waals surface area contributed by atoms with Crippen LogP contribution in [0.3, 0.4) is 0 Å². The Balaban J connectivity index is 2.67. The van der Waals surface area contributed by atoms with Crippen LogP contribution in [0.4, 0.5) is 5.82 Å². The SMILES string of the molecule is COCCN(CCOC)/N=N\c1nc[nH]c1C(N)=O. The maximum absolute atomic E-state index is 11.1. The molecule has 0 radical (unpaired) electrons. The van der Waals surface area contributed by atoms with Crippen molar-refractivity contribution >= 4 is 11.7 Å². The number of hydrogen-bond acceptors (Lipinski definition) is 6. The molecule has 0 fully saturated rings. The van der Waals surface area contributed by atoms with Crippen LogP contribution in [0.5, 0.6) is 0 Å². The van der Waals surface area contributed by atoms with E-state index >= 15 is 0 Å². The second kappa shape index (κ2) is 8.16. The Labute approximate surface area is 110 Å². The van der Waals surface area contributed by atoms with E-state index in [2.05, 4.69) is 20.3 Å². The van der Waals surface area contributed by atoms with Crippen LogP contribution in [0, 0.1) is 0 Å². The summed E-state index contributed by atoms with van der Waals surface area (Å²) >= 11 is 0. The van der Waals surface area contributed by atoms with Gasteiger partial charge in [0.05, 0.1) is 32.6 Å². The highest BCUT2D eigenvalue weighted by molar-refractivity contribution is 5.94. The number of hydrogen-bond donors (Lipinski definition) is 2. The lowest BCUT2D eigenvalue weighted by Crippen LogP contribution is -2.25. The number of ether oxygens (including phenoxy) is 2. The topological polar surface area (TPSA) is 118 Å². The van der Waals surface area contributed by atoms with Crippen molar-refractivity contribution in [3.63, 3.8) is 0 Å². The molecule has 0 unspecified atom stereocenters. The number of nitrogens with one attached hydrogen (secondary N) is 1. The van der Waals surface area contributed by atoms with Crippen molar-refractivity contribution in [2.24, 2.45) is 16.1 Å². The maximum atomic E-state index is 11.1. The molecule has 0 saturated heterocycles. The predicted molar refractivity (Wildman–Crippen MR) is 66.9 cm³/mol. The van der Waals surface area contributed by atoms with Crippen LogP contribution in [0.2, 0.25) is 0 Å². The van der Waals surface area contributed by atoms with E-state index in [0.717, 1.165) is 0 Å². The summed E-state index contributed by atoms with van der Waals surface area (Å²) in [5, 5.41) is 9.54. The van der Waals surface area contributed by atoms with Crippen LogP contribution < -0.4 is 5.73 Å². The van der Waals surface area contributed by atoms with Gasteiger partial charge < -0.3 is 20.2 Å². The molecule has 1 amide bonds. The number of carbonyl (C=O) groups excluding carboxylic acids is 1. The molecule has 106 valence electrons. The molecule has 0 atom stereocenters. The van der Waals surface area contributed by atoms with E-state index in [4.69, 9.17) is 15.2 Å². The fraction of sp³-hybridized carbons (Fsp3) is 0.600. The van der Waals surface area contributed by atoms with Crippen LogP contribution in [-0.4, -0.2) is 61.4 Å². The summed E-state index contributed by atoms with van der Waals surface area (Å²) < 4.78 is 9.94. The molecular formula is C10H18N6O3. The Morgan fingerprint density at radius 3 is 2.58 bits per heavy atom. The Kier molecular flexibility index (Phi) is 6.47. The molecule has 1 rings (SSSR count). The lowest BCUT2D eigenvalue weighted by Gasteiger charge is -2.16. The number of amides is 1. The van der Waals surface area contributed by atoms with Crippen LogP contribution in [0.15, 0.2) is 16.7 Å². The zero-order valence-electron chi connectivity index (χ0n) is 11.0. The Hall–Kier alpha value is -2.00. The molecule has 9 heteroatoms. The van der Waals surface area contributed by atoms with Gasteiger partial charge in [-0.2, -0.15) is 0 Å². The van der Waals surface area contributed by atoms with E-state index in [-0.39, 0.29) is 11.5 Å². The van der Waals surface area contributed by atoms with Gasteiger partial charge in [0.2, 0.25) is 5.82 Å². The number of carbonyl (C=O) groups is 1. The molecule has 9 nitrogen and oxygen atoms in total. The standard InChI is InChI=1S/C10H18N6O3/c1-18-5-3-16(4-6-19-2)15-14-10-8(9(11)17)12-7-13-10/h7H,3-6H2,1-2H3,(H2,11,17)(H,12,13)/b15-14-. The van der Waals surface area contributed by atoms with Crippen molar-refractivity contribution in [3.05, 3.63) is 12.0 Å². The Morgan fingerprint density at radius 2 is 2.05 bits per heavy atom. The third-order valence-corrected chi connectivity index (χ3v) is 2.24. The predicted octanol–water partition coefficient (Wildman–Crippen LogP) is 0.102. The van der Waals surface area contributed by atoms with Gasteiger partial charge in [0.15, 0.2) is 5.69 Å². The van der Waals surface area contributed by atoms with Crippen LogP contribution in [-0.2, 0) is 9.47 Å². The summed E-state index contributed by atoms with van der Waals surface area (Å²) in [6, 6.07) is 0. The molecule has 0 bridgehead atoms. The maximum Gasteiger partial charge on any atom is 0.269 e. The average molecular weight is 270 g/mol. The molecular weight excluding hydrogens is 252 g/mol. The van der Waals surface area contributed by atoms with Gasteiger partial charge in [-0.3, -0.25) is 9.80 Å². The van der Waals surface area contributed by atoms with Crippen LogP contribution in [0.25, 0.3) is 0 Å². The summed E-state index contributed by atoms with van der Waals surface area (Å²) in [4.78, 5) is 17.5. The molecule has 0 aromatic carbocycles. The molecule has 19 heavy (non-hydrogen) atoms. The van der Waals surface area contributed by atoms with Gasteiger partial charge in [0.1, 0.15) is 0 Å². The first-order chi connectivity index (χ1) is 9.19. The number of nitrogens with zero attached hydrogens (tertiary/aromatic N) is 4. The second-order valence-electron chi connectivity index (χ2n) is 3.59. The molecule has 0 spiro atoms. The lowest BCUT2D eigenvalue weighted by atomic mass is 10.4. The van der Waals surface area contributed by atoms with Gasteiger partial charge in [0, 0.05) is 14.2 Å². The molecule has 0 aliphatic rings. The number of rotatable bonds is 9. The number of nitrogens with two attached hydrogens (primary N) is 1.